The lowest BCUT2D eigenvalue weighted by Gasteiger charge is -2.41. The molecule has 1 heterocycles. The first-order valence-electron chi connectivity index (χ1n) is 6.46. The first-order chi connectivity index (χ1) is 9.55. The van der Waals surface area contributed by atoms with Crippen LogP contribution in [0.25, 0.3) is 0 Å². The van der Waals surface area contributed by atoms with Gasteiger partial charge in [0.2, 0.25) is 10.0 Å². The lowest BCUT2D eigenvalue weighted by Crippen LogP contribution is -2.53. The summed E-state index contributed by atoms with van der Waals surface area (Å²) in [5.41, 5.74) is 5.70. The molecule has 118 valence electrons. The molecule has 0 spiro atoms. The van der Waals surface area contributed by atoms with Crippen molar-refractivity contribution in [1.29, 1.82) is 0 Å². The summed E-state index contributed by atoms with van der Waals surface area (Å²) < 4.78 is 40.3. The molecule has 0 saturated carbocycles. The van der Waals surface area contributed by atoms with Gasteiger partial charge >= 0.3 is 0 Å². The molecule has 4 nitrogen and oxygen atoms in total. The Hall–Kier alpha value is -0.210. The maximum atomic E-state index is 13.3. The molecule has 1 aromatic rings. The average Bonchev–Trinajstić information content (AvgIpc) is 2.30. The highest BCUT2D eigenvalue weighted by Gasteiger charge is 2.40. The number of hydrogen-bond donors (Lipinski definition) is 1. The molecule has 0 aromatic heterocycles. The Labute approximate surface area is 137 Å². The first kappa shape index (κ1) is 17.1. The van der Waals surface area contributed by atoms with Crippen LogP contribution in [0.2, 0.25) is 5.02 Å². The van der Waals surface area contributed by atoms with E-state index >= 15 is 0 Å². The van der Waals surface area contributed by atoms with Gasteiger partial charge in [-0.1, -0.05) is 25.4 Å². The summed E-state index contributed by atoms with van der Waals surface area (Å²) in [6.07, 6.45) is 0.572. The van der Waals surface area contributed by atoms with Gasteiger partial charge in [-0.05, 0) is 39.9 Å². The Balaban J connectivity index is 2.44. The third-order valence-corrected chi connectivity index (χ3v) is 7.08. The summed E-state index contributed by atoms with van der Waals surface area (Å²) in [4.78, 5) is -0.100. The Morgan fingerprint density at radius 1 is 1.48 bits per heavy atom. The van der Waals surface area contributed by atoms with Crippen LogP contribution in [0, 0.1) is 11.2 Å². The van der Waals surface area contributed by atoms with Crippen molar-refractivity contribution in [1.82, 2.24) is 4.31 Å². The van der Waals surface area contributed by atoms with Crippen molar-refractivity contribution in [2.24, 2.45) is 11.1 Å². The van der Waals surface area contributed by atoms with E-state index in [0.29, 0.717) is 19.5 Å². The van der Waals surface area contributed by atoms with Gasteiger partial charge in [-0.3, -0.25) is 0 Å². The van der Waals surface area contributed by atoms with Crippen LogP contribution < -0.4 is 5.73 Å². The zero-order valence-corrected chi connectivity index (χ0v) is 14.9. The van der Waals surface area contributed by atoms with E-state index in [1.165, 1.54) is 4.31 Å². The molecule has 1 aliphatic heterocycles. The largest absolute Gasteiger partial charge is 0.327 e. The maximum absolute atomic E-state index is 13.3. The maximum Gasteiger partial charge on any atom is 0.245 e. The van der Waals surface area contributed by atoms with Gasteiger partial charge in [0.1, 0.15) is 10.7 Å². The number of benzene rings is 1. The van der Waals surface area contributed by atoms with Crippen LogP contribution in [-0.4, -0.2) is 31.9 Å². The van der Waals surface area contributed by atoms with Crippen LogP contribution in [0.3, 0.4) is 0 Å². The molecule has 0 amide bonds. The molecule has 21 heavy (non-hydrogen) atoms. The Kier molecular flexibility index (Phi) is 4.71. The molecular formula is C13H17BrClFN2O2S. The van der Waals surface area contributed by atoms with Crippen LogP contribution in [0.5, 0.6) is 0 Å². The van der Waals surface area contributed by atoms with Gasteiger partial charge in [-0.25, -0.2) is 12.8 Å². The van der Waals surface area contributed by atoms with Crippen molar-refractivity contribution < 1.29 is 12.8 Å². The number of rotatable bonds is 2. The van der Waals surface area contributed by atoms with Crippen LogP contribution in [-0.2, 0) is 10.0 Å². The molecule has 1 fully saturated rings. The number of halogens is 3. The van der Waals surface area contributed by atoms with Crippen molar-refractivity contribution in [2.75, 3.05) is 13.1 Å². The SMILES string of the molecule is CC1(C)CN(S(=O)(=O)c2c(Cl)cc(F)cc2Br)CCC1N. The third kappa shape index (κ3) is 3.27. The number of piperidine rings is 1. The second-order valence-corrected chi connectivity index (χ2v) is 9.06. The number of nitrogens with two attached hydrogens (primary N) is 1. The zero-order chi connectivity index (χ0) is 16.0. The number of sulfonamides is 1. The molecular weight excluding hydrogens is 383 g/mol. The minimum atomic E-state index is -3.80. The van der Waals surface area contributed by atoms with E-state index in [4.69, 9.17) is 17.3 Å². The topological polar surface area (TPSA) is 63.4 Å². The smallest absolute Gasteiger partial charge is 0.245 e. The predicted molar refractivity (Wildman–Crippen MR) is 84.2 cm³/mol. The second-order valence-electron chi connectivity index (χ2n) is 5.92. The molecule has 0 bridgehead atoms. The molecule has 2 rings (SSSR count). The van der Waals surface area contributed by atoms with Gasteiger partial charge in [0.15, 0.2) is 0 Å². The summed E-state index contributed by atoms with van der Waals surface area (Å²) in [6, 6.07) is 2.04. The van der Waals surface area contributed by atoms with Gasteiger partial charge in [0.05, 0.1) is 5.02 Å². The van der Waals surface area contributed by atoms with Crippen LogP contribution in [0.15, 0.2) is 21.5 Å². The van der Waals surface area contributed by atoms with Crippen molar-refractivity contribution in [3.8, 4) is 0 Å². The fraction of sp³-hybridized carbons (Fsp3) is 0.538. The van der Waals surface area contributed by atoms with E-state index < -0.39 is 15.8 Å². The van der Waals surface area contributed by atoms with Gasteiger partial charge in [-0.15, -0.1) is 0 Å². The van der Waals surface area contributed by atoms with Gasteiger partial charge in [0.25, 0.3) is 0 Å². The van der Waals surface area contributed by atoms with Crippen molar-refractivity contribution in [2.45, 2.75) is 31.2 Å². The average molecular weight is 400 g/mol. The van der Waals surface area contributed by atoms with E-state index in [9.17, 15) is 12.8 Å². The standard InChI is InChI=1S/C13H17BrClFN2O2S/c1-13(2)7-18(4-3-11(13)17)21(19,20)12-9(14)5-8(16)6-10(12)15/h5-6,11H,3-4,7,17H2,1-2H3. The summed E-state index contributed by atoms with van der Waals surface area (Å²) in [6.45, 7) is 4.49. The fourth-order valence-corrected chi connectivity index (χ4v) is 5.81. The summed E-state index contributed by atoms with van der Waals surface area (Å²) in [5, 5.41) is -0.130. The van der Waals surface area contributed by atoms with Crippen molar-refractivity contribution in [3.05, 3.63) is 27.4 Å². The van der Waals surface area contributed by atoms with Gasteiger partial charge in [-0.2, -0.15) is 4.31 Å². The third-order valence-electron chi connectivity index (χ3n) is 3.84. The van der Waals surface area contributed by atoms with Crippen LogP contribution in [0.4, 0.5) is 4.39 Å². The molecule has 8 heteroatoms. The highest BCUT2D eigenvalue weighted by molar-refractivity contribution is 9.10. The Morgan fingerprint density at radius 2 is 2.10 bits per heavy atom. The van der Waals surface area contributed by atoms with E-state index in [2.05, 4.69) is 15.9 Å². The van der Waals surface area contributed by atoms with Crippen LogP contribution in [0.1, 0.15) is 20.3 Å². The lowest BCUT2D eigenvalue weighted by molar-refractivity contribution is 0.155. The minimum absolute atomic E-state index is 0.0592. The molecule has 0 radical (unpaired) electrons. The normalized spacial score (nSPS) is 23.2. The van der Waals surface area contributed by atoms with Crippen molar-refractivity contribution >= 4 is 37.6 Å². The van der Waals surface area contributed by atoms with Crippen molar-refractivity contribution in [3.63, 3.8) is 0 Å². The molecule has 1 atom stereocenters. The van der Waals surface area contributed by atoms with E-state index in [0.717, 1.165) is 12.1 Å². The van der Waals surface area contributed by atoms with Gasteiger partial charge < -0.3 is 5.73 Å². The molecule has 1 saturated heterocycles. The first-order valence-corrected chi connectivity index (χ1v) is 9.07. The van der Waals surface area contributed by atoms with E-state index in [-0.39, 0.29) is 25.8 Å². The minimum Gasteiger partial charge on any atom is -0.327 e. The van der Waals surface area contributed by atoms with E-state index in [1.807, 2.05) is 13.8 Å². The highest BCUT2D eigenvalue weighted by atomic mass is 79.9. The molecule has 2 N–H and O–H groups in total. The van der Waals surface area contributed by atoms with E-state index in [1.54, 1.807) is 0 Å². The monoisotopic (exact) mass is 398 g/mol. The lowest BCUT2D eigenvalue weighted by atomic mass is 9.81. The predicted octanol–water partition coefficient (Wildman–Crippen LogP) is 2.99. The number of hydrogen-bond acceptors (Lipinski definition) is 3. The fourth-order valence-electron chi connectivity index (χ4n) is 2.43. The molecule has 0 aliphatic carbocycles. The molecule has 1 aliphatic rings. The summed E-state index contributed by atoms with van der Waals surface area (Å²) >= 11 is 9.02. The van der Waals surface area contributed by atoms with Gasteiger partial charge in [0, 0.05) is 23.6 Å². The Bertz CT molecular complexity index is 643. The number of nitrogens with zero attached hydrogens (tertiary/aromatic N) is 1. The molecule has 1 aromatic carbocycles. The second kappa shape index (κ2) is 5.77. The zero-order valence-electron chi connectivity index (χ0n) is 11.7. The summed E-state index contributed by atoms with van der Waals surface area (Å²) in [7, 11) is -3.80. The molecule has 1 unspecified atom stereocenters. The quantitative estimate of drug-likeness (QED) is 0.831. The Morgan fingerprint density at radius 3 is 2.62 bits per heavy atom. The summed E-state index contributed by atoms with van der Waals surface area (Å²) in [5.74, 6) is -0.591. The van der Waals surface area contributed by atoms with Crippen LogP contribution >= 0.6 is 27.5 Å². The highest BCUT2D eigenvalue weighted by Crippen LogP contribution is 2.36.